The van der Waals surface area contributed by atoms with Gasteiger partial charge in [-0.2, -0.15) is 15.0 Å². The van der Waals surface area contributed by atoms with Gasteiger partial charge in [-0.05, 0) is 25.4 Å². The summed E-state index contributed by atoms with van der Waals surface area (Å²) in [5, 5.41) is 2.81. The molecule has 0 unspecified atom stereocenters. The van der Waals surface area contributed by atoms with Gasteiger partial charge in [-0.3, -0.25) is 4.79 Å². The Kier molecular flexibility index (Phi) is 5.57. The zero-order chi connectivity index (χ0) is 13.5. The number of esters is 1. The first-order valence-corrected chi connectivity index (χ1v) is 5.95. The number of rotatable bonds is 6. The van der Waals surface area contributed by atoms with Gasteiger partial charge in [-0.15, -0.1) is 0 Å². The summed E-state index contributed by atoms with van der Waals surface area (Å²) in [4.78, 5) is 25.0. The molecular weight excluding hydrogens is 258 g/mol. The molecule has 1 aromatic rings. The predicted octanol–water partition coefficient (Wildman–Crippen LogP) is 0.956. The van der Waals surface area contributed by atoms with Gasteiger partial charge in [0.1, 0.15) is 6.54 Å². The van der Waals surface area contributed by atoms with E-state index in [9.17, 15) is 4.79 Å². The molecule has 0 fully saturated rings. The Morgan fingerprint density at radius 2 is 2.00 bits per heavy atom. The molecule has 100 valence electrons. The molecule has 0 radical (unpaired) electrons. The van der Waals surface area contributed by atoms with Crippen molar-refractivity contribution >= 4 is 29.5 Å². The predicted molar refractivity (Wildman–Crippen MR) is 68.9 cm³/mol. The summed E-state index contributed by atoms with van der Waals surface area (Å²) in [7, 11) is 1.31. The standard InChI is InChI=1S/C10H16ClN5O2/c1-4-16(5-2)10-14-8(11)13-9(15-10)12-6-7(17)18-3/h4-6H2,1-3H3,(H,12,13,14,15). The van der Waals surface area contributed by atoms with Crippen molar-refractivity contribution in [3.05, 3.63) is 5.28 Å². The van der Waals surface area contributed by atoms with Crippen LogP contribution in [-0.2, 0) is 9.53 Å². The fraction of sp³-hybridized carbons (Fsp3) is 0.600. The molecule has 7 nitrogen and oxygen atoms in total. The molecule has 1 heterocycles. The van der Waals surface area contributed by atoms with Crippen molar-refractivity contribution in [1.82, 2.24) is 15.0 Å². The molecular formula is C10H16ClN5O2. The van der Waals surface area contributed by atoms with Gasteiger partial charge in [0.2, 0.25) is 17.2 Å². The summed E-state index contributed by atoms with van der Waals surface area (Å²) < 4.78 is 4.51. The summed E-state index contributed by atoms with van der Waals surface area (Å²) in [5.41, 5.74) is 0. The fourth-order valence-electron chi connectivity index (χ4n) is 1.29. The highest BCUT2D eigenvalue weighted by Crippen LogP contribution is 2.13. The first-order chi connectivity index (χ1) is 8.60. The molecule has 0 bridgehead atoms. The molecule has 0 saturated heterocycles. The zero-order valence-corrected chi connectivity index (χ0v) is 11.4. The number of nitrogens with one attached hydrogen (secondary N) is 1. The highest BCUT2D eigenvalue weighted by atomic mass is 35.5. The SMILES string of the molecule is CCN(CC)c1nc(Cl)nc(NCC(=O)OC)n1. The molecule has 0 atom stereocenters. The van der Waals surface area contributed by atoms with Crippen LogP contribution in [0, 0.1) is 0 Å². The molecule has 0 amide bonds. The van der Waals surface area contributed by atoms with E-state index in [0.717, 1.165) is 13.1 Å². The molecule has 8 heteroatoms. The Hall–Kier alpha value is -1.63. The van der Waals surface area contributed by atoms with E-state index >= 15 is 0 Å². The maximum Gasteiger partial charge on any atom is 0.325 e. The molecule has 0 saturated carbocycles. The van der Waals surface area contributed by atoms with Crippen LogP contribution in [0.4, 0.5) is 11.9 Å². The second-order valence-electron chi connectivity index (χ2n) is 3.33. The van der Waals surface area contributed by atoms with E-state index in [0.29, 0.717) is 5.95 Å². The maximum absolute atomic E-state index is 11.0. The summed E-state index contributed by atoms with van der Waals surface area (Å²) >= 11 is 5.81. The normalized spacial score (nSPS) is 10.0. The van der Waals surface area contributed by atoms with Crippen molar-refractivity contribution in [2.75, 3.05) is 37.0 Å². The Balaban J connectivity index is 2.83. The number of nitrogens with zero attached hydrogens (tertiary/aromatic N) is 4. The van der Waals surface area contributed by atoms with E-state index in [1.807, 2.05) is 18.7 Å². The van der Waals surface area contributed by atoms with Gasteiger partial charge < -0.3 is 15.0 Å². The van der Waals surface area contributed by atoms with Gasteiger partial charge >= 0.3 is 5.97 Å². The lowest BCUT2D eigenvalue weighted by Gasteiger charge is -2.18. The third-order valence-corrected chi connectivity index (χ3v) is 2.43. The minimum Gasteiger partial charge on any atom is -0.468 e. The Bertz CT molecular complexity index is 411. The first kappa shape index (κ1) is 14.4. The van der Waals surface area contributed by atoms with Crippen LogP contribution in [0.3, 0.4) is 0 Å². The van der Waals surface area contributed by atoms with Crippen LogP contribution in [0.2, 0.25) is 5.28 Å². The molecule has 0 spiro atoms. The third-order valence-electron chi connectivity index (χ3n) is 2.26. The summed E-state index contributed by atoms with van der Waals surface area (Å²) in [5.74, 6) is 0.325. The summed E-state index contributed by atoms with van der Waals surface area (Å²) in [6.45, 7) is 5.47. The lowest BCUT2D eigenvalue weighted by Crippen LogP contribution is -2.25. The van der Waals surface area contributed by atoms with Gasteiger partial charge in [-0.25, -0.2) is 0 Å². The quantitative estimate of drug-likeness (QED) is 0.773. The number of hydrogen-bond acceptors (Lipinski definition) is 7. The van der Waals surface area contributed by atoms with Crippen molar-refractivity contribution in [2.24, 2.45) is 0 Å². The second kappa shape index (κ2) is 6.95. The van der Waals surface area contributed by atoms with Crippen molar-refractivity contribution in [2.45, 2.75) is 13.8 Å². The van der Waals surface area contributed by atoms with E-state index < -0.39 is 5.97 Å². The average molecular weight is 274 g/mol. The number of hydrogen-bond donors (Lipinski definition) is 1. The second-order valence-corrected chi connectivity index (χ2v) is 3.67. The Morgan fingerprint density at radius 3 is 2.56 bits per heavy atom. The van der Waals surface area contributed by atoms with Crippen LogP contribution in [0.1, 0.15) is 13.8 Å². The van der Waals surface area contributed by atoms with Crippen molar-refractivity contribution in [1.29, 1.82) is 0 Å². The van der Waals surface area contributed by atoms with E-state index in [1.54, 1.807) is 0 Å². The van der Waals surface area contributed by atoms with E-state index in [2.05, 4.69) is 25.0 Å². The van der Waals surface area contributed by atoms with Gasteiger partial charge in [0.25, 0.3) is 0 Å². The van der Waals surface area contributed by atoms with Crippen LogP contribution < -0.4 is 10.2 Å². The number of halogens is 1. The number of methoxy groups -OCH3 is 1. The van der Waals surface area contributed by atoms with Crippen molar-refractivity contribution in [3.8, 4) is 0 Å². The first-order valence-electron chi connectivity index (χ1n) is 5.57. The van der Waals surface area contributed by atoms with E-state index in [1.165, 1.54) is 7.11 Å². The molecule has 0 aliphatic heterocycles. The lowest BCUT2D eigenvalue weighted by atomic mass is 10.5. The molecule has 1 N–H and O–H groups in total. The summed E-state index contributed by atoms with van der Waals surface area (Å²) in [6, 6.07) is 0. The molecule has 1 aromatic heterocycles. The minimum absolute atomic E-state index is 0.0193. The van der Waals surface area contributed by atoms with E-state index in [4.69, 9.17) is 11.6 Å². The van der Waals surface area contributed by atoms with E-state index in [-0.39, 0.29) is 17.8 Å². The van der Waals surface area contributed by atoms with Gasteiger partial charge in [0, 0.05) is 13.1 Å². The number of ether oxygens (including phenoxy) is 1. The monoisotopic (exact) mass is 273 g/mol. The highest BCUT2D eigenvalue weighted by molar-refractivity contribution is 6.28. The van der Waals surface area contributed by atoms with Crippen LogP contribution in [0.25, 0.3) is 0 Å². The van der Waals surface area contributed by atoms with Crippen LogP contribution in [0.15, 0.2) is 0 Å². The molecule has 18 heavy (non-hydrogen) atoms. The van der Waals surface area contributed by atoms with Crippen molar-refractivity contribution < 1.29 is 9.53 Å². The Morgan fingerprint density at radius 1 is 1.33 bits per heavy atom. The van der Waals surface area contributed by atoms with Gasteiger partial charge in [-0.1, -0.05) is 0 Å². The van der Waals surface area contributed by atoms with Crippen LogP contribution in [0.5, 0.6) is 0 Å². The number of anilines is 2. The molecule has 0 aliphatic carbocycles. The maximum atomic E-state index is 11.0. The average Bonchev–Trinajstić information content (AvgIpc) is 2.37. The number of carbonyl (C=O) groups is 1. The number of aromatic nitrogens is 3. The van der Waals surface area contributed by atoms with Crippen molar-refractivity contribution in [3.63, 3.8) is 0 Å². The smallest absolute Gasteiger partial charge is 0.325 e. The lowest BCUT2D eigenvalue weighted by molar-refractivity contribution is -0.138. The zero-order valence-electron chi connectivity index (χ0n) is 10.6. The minimum atomic E-state index is -0.407. The van der Waals surface area contributed by atoms with Gasteiger partial charge in [0.15, 0.2) is 0 Å². The van der Waals surface area contributed by atoms with Crippen LogP contribution in [-0.4, -0.2) is 47.7 Å². The fourth-order valence-corrected chi connectivity index (χ4v) is 1.45. The summed E-state index contributed by atoms with van der Waals surface area (Å²) in [6.07, 6.45) is 0. The van der Waals surface area contributed by atoms with Crippen LogP contribution >= 0.6 is 11.6 Å². The third kappa shape index (κ3) is 3.99. The highest BCUT2D eigenvalue weighted by Gasteiger charge is 2.10. The number of carbonyl (C=O) groups excluding carboxylic acids is 1. The largest absolute Gasteiger partial charge is 0.468 e. The molecule has 0 aliphatic rings. The molecule has 0 aromatic carbocycles. The topological polar surface area (TPSA) is 80.2 Å². The van der Waals surface area contributed by atoms with Gasteiger partial charge in [0.05, 0.1) is 7.11 Å². The Labute approximate surface area is 111 Å². The molecule has 1 rings (SSSR count).